The highest BCUT2D eigenvalue weighted by molar-refractivity contribution is 7.92. The molecular weight excluding hydrogens is 618 g/mol. The van der Waals surface area contributed by atoms with E-state index in [1.165, 1.54) is 18.2 Å². The van der Waals surface area contributed by atoms with Crippen LogP contribution in [0.3, 0.4) is 0 Å². The monoisotopic (exact) mass is 665 g/mol. The van der Waals surface area contributed by atoms with Crippen molar-refractivity contribution in [2.24, 2.45) is 5.92 Å². The van der Waals surface area contributed by atoms with Gasteiger partial charge >= 0.3 is 0 Å². The average molecular weight is 666 g/mol. The number of hydrogen-bond acceptors (Lipinski definition) is 7. The summed E-state index contributed by atoms with van der Waals surface area (Å²) < 4.78 is 41.4. The molecule has 1 aliphatic heterocycles. The first kappa shape index (κ1) is 35.9. The molecule has 0 saturated carbocycles. The zero-order valence-electron chi connectivity index (χ0n) is 27.7. The summed E-state index contributed by atoms with van der Waals surface area (Å²) in [5.74, 6) is -0.325. The molecule has 0 fully saturated rings. The molecule has 0 unspecified atom stereocenters. The Kier molecular flexibility index (Phi) is 12.8. The molecule has 0 aliphatic carbocycles. The van der Waals surface area contributed by atoms with Crippen LogP contribution in [-0.2, 0) is 26.0 Å². The lowest BCUT2D eigenvalue weighted by atomic mass is 10.0. The first-order valence-electron chi connectivity index (χ1n) is 16.2. The van der Waals surface area contributed by atoms with Crippen LogP contribution in [0.5, 0.6) is 5.75 Å². The number of carbonyl (C=O) groups excluding carboxylic acids is 2. The first-order valence-corrected chi connectivity index (χ1v) is 17.7. The number of nitrogens with one attached hydrogen (secondary N) is 1. The van der Waals surface area contributed by atoms with Crippen molar-refractivity contribution >= 4 is 27.5 Å². The predicted molar refractivity (Wildman–Crippen MR) is 182 cm³/mol. The summed E-state index contributed by atoms with van der Waals surface area (Å²) in [5.41, 5.74) is 1.32. The Hall–Kier alpha value is -3.93. The number of hydrogen-bond donors (Lipinski definition) is 2. The third kappa shape index (κ3) is 10.0. The molecule has 11 heteroatoms. The van der Waals surface area contributed by atoms with Crippen LogP contribution in [0.25, 0.3) is 0 Å². The molecule has 254 valence electrons. The average Bonchev–Trinajstić information content (AvgIpc) is 3.06. The van der Waals surface area contributed by atoms with Gasteiger partial charge in [-0.1, -0.05) is 55.5 Å². The van der Waals surface area contributed by atoms with Crippen molar-refractivity contribution < 1.29 is 32.6 Å². The molecule has 10 nitrogen and oxygen atoms in total. The zero-order valence-corrected chi connectivity index (χ0v) is 28.5. The maximum atomic E-state index is 14.3. The van der Waals surface area contributed by atoms with Gasteiger partial charge in [0.2, 0.25) is 5.91 Å². The fourth-order valence-electron chi connectivity index (χ4n) is 5.54. The molecule has 0 radical (unpaired) electrons. The Bertz CT molecular complexity index is 1570. The Balaban J connectivity index is 1.63. The lowest BCUT2D eigenvalue weighted by Crippen LogP contribution is -2.48. The Morgan fingerprint density at radius 1 is 1.04 bits per heavy atom. The number of fused-ring (bicyclic) bond motifs is 1. The van der Waals surface area contributed by atoms with Gasteiger partial charge in [0.1, 0.15) is 5.75 Å². The molecule has 0 spiro atoms. The molecule has 4 rings (SSSR count). The summed E-state index contributed by atoms with van der Waals surface area (Å²) >= 11 is 0. The largest absolute Gasteiger partial charge is 0.490 e. The minimum atomic E-state index is -3.91. The second-order valence-electron chi connectivity index (χ2n) is 12.4. The van der Waals surface area contributed by atoms with E-state index in [0.717, 1.165) is 18.4 Å². The predicted octanol–water partition coefficient (Wildman–Crippen LogP) is 4.98. The summed E-state index contributed by atoms with van der Waals surface area (Å²) in [4.78, 5) is 30.8. The molecule has 3 aromatic carbocycles. The highest BCUT2D eigenvalue weighted by Gasteiger charge is 2.31. The van der Waals surface area contributed by atoms with Gasteiger partial charge in [-0.2, -0.15) is 0 Å². The van der Waals surface area contributed by atoms with Crippen LogP contribution in [0.1, 0.15) is 56.0 Å². The number of anilines is 1. The van der Waals surface area contributed by atoms with E-state index < -0.39 is 22.0 Å². The van der Waals surface area contributed by atoms with Gasteiger partial charge in [-0.3, -0.25) is 14.3 Å². The number of rotatable bonds is 9. The number of aliphatic hydroxyl groups excluding tert-OH is 1. The molecule has 0 saturated heterocycles. The summed E-state index contributed by atoms with van der Waals surface area (Å²) in [6.07, 6.45) is 2.01. The zero-order chi connectivity index (χ0) is 34.0. The second-order valence-corrected chi connectivity index (χ2v) is 14.0. The number of nitrogens with zero attached hydrogens (tertiary/aromatic N) is 2. The Labute approximate surface area is 278 Å². The van der Waals surface area contributed by atoms with E-state index in [4.69, 9.17) is 9.47 Å². The minimum Gasteiger partial charge on any atom is -0.490 e. The van der Waals surface area contributed by atoms with E-state index in [0.29, 0.717) is 25.3 Å². The number of aliphatic hydroxyl groups is 1. The lowest BCUT2D eigenvalue weighted by Gasteiger charge is -2.36. The highest BCUT2D eigenvalue weighted by Crippen LogP contribution is 2.29. The van der Waals surface area contributed by atoms with E-state index >= 15 is 0 Å². The van der Waals surface area contributed by atoms with Gasteiger partial charge in [0.05, 0.1) is 41.7 Å². The number of likely N-dealkylation sites (N-methyl/N-ethyl adjacent to an activating group) is 1. The number of ether oxygens (including phenoxy) is 2. The van der Waals surface area contributed by atoms with E-state index in [1.807, 2.05) is 44.2 Å². The second kappa shape index (κ2) is 16.8. The Morgan fingerprint density at radius 2 is 1.72 bits per heavy atom. The lowest BCUT2D eigenvalue weighted by molar-refractivity contribution is -0.131. The SMILES string of the molecule is C[C@@H]1CCCCO[C@H](CN(C)C(=O)Cc2ccccc2)[C@H](C)CN([C@H](C)CO)C(=O)c2cc(NS(=O)(=O)c3ccccc3)ccc2O1. The molecule has 47 heavy (non-hydrogen) atoms. The van der Waals surface area contributed by atoms with Gasteiger partial charge in [-0.25, -0.2) is 8.42 Å². The smallest absolute Gasteiger partial charge is 0.261 e. The summed E-state index contributed by atoms with van der Waals surface area (Å²) in [7, 11) is -2.15. The third-order valence-electron chi connectivity index (χ3n) is 8.43. The van der Waals surface area contributed by atoms with Crippen LogP contribution >= 0.6 is 0 Å². The maximum absolute atomic E-state index is 14.3. The Morgan fingerprint density at radius 3 is 2.40 bits per heavy atom. The van der Waals surface area contributed by atoms with Gasteiger partial charge in [-0.15, -0.1) is 0 Å². The number of sulfonamides is 1. The number of amides is 2. The van der Waals surface area contributed by atoms with Crippen LogP contribution in [0.15, 0.2) is 83.8 Å². The molecule has 0 aromatic heterocycles. The van der Waals surface area contributed by atoms with Crippen LogP contribution in [-0.4, -0.2) is 86.7 Å². The normalized spacial score (nSPS) is 20.3. The fraction of sp³-hybridized carbons (Fsp3) is 0.444. The van der Waals surface area contributed by atoms with Crippen molar-refractivity contribution in [2.45, 2.75) is 69.6 Å². The van der Waals surface area contributed by atoms with Gasteiger partial charge in [-0.05, 0) is 69.0 Å². The van der Waals surface area contributed by atoms with E-state index in [9.17, 15) is 23.1 Å². The number of benzene rings is 3. The van der Waals surface area contributed by atoms with Crippen LogP contribution in [0.4, 0.5) is 5.69 Å². The van der Waals surface area contributed by atoms with Crippen molar-refractivity contribution in [3.8, 4) is 5.75 Å². The van der Waals surface area contributed by atoms with Crippen LogP contribution in [0.2, 0.25) is 0 Å². The van der Waals surface area contributed by atoms with E-state index in [1.54, 1.807) is 54.1 Å². The summed E-state index contributed by atoms with van der Waals surface area (Å²) in [6.45, 7) is 6.43. The topological polar surface area (TPSA) is 125 Å². The highest BCUT2D eigenvalue weighted by atomic mass is 32.2. The molecule has 1 heterocycles. The molecule has 2 amide bonds. The van der Waals surface area contributed by atoms with Gasteiger partial charge < -0.3 is 24.4 Å². The van der Waals surface area contributed by atoms with E-state index in [2.05, 4.69) is 4.72 Å². The molecule has 3 aromatic rings. The van der Waals surface area contributed by atoms with Crippen LogP contribution in [0, 0.1) is 5.92 Å². The van der Waals surface area contributed by atoms with Crippen molar-refractivity contribution in [1.29, 1.82) is 0 Å². The van der Waals surface area contributed by atoms with Gasteiger partial charge in [0.25, 0.3) is 15.9 Å². The van der Waals surface area contributed by atoms with Crippen molar-refractivity contribution in [3.05, 3.63) is 90.0 Å². The van der Waals surface area contributed by atoms with E-state index in [-0.39, 0.29) is 59.8 Å². The summed E-state index contributed by atoms with van der Waals surface area (Å²) in [6, 6.07) is 21.7. The van der Waals surface area contributed by atoms with Gasteiger partial charge in [0.15, 0.2) is 0 Å². The quantitative estimate of drug-likeness (QED) is 0.330. The van der Waals surface area contributed by atoms with Crippen molar-refractivity contribution in [2.75, 3.05) is 38.1 Å². The first-order chi connectivity index (χ1) is 22.5. The number of carbonyl (C=O) groups is 2. The fourth-order valence-corrected chi connectivity index (χ4v) is 6.61. The van der Waals surface area contributed by atoms with Crippen LogP contribution < -0.4 is 9.46 Å². The standard InChI is InChI=1S/C36H47N3O7S/c1-26-23-39(27(2)25-40)36(42)32-22-30(37-47(43,44)31-16-9-6-10-17-31)18-19-33(32)46-28(3)13-11-12-20-45-34(26)24-38(4)35(41)21-29-14-7-5-8-15-29/h5-10,14-19,22,26-28,34,37,40H,11-13,20-21,23-25H2,1-4H3/t26-,27-,28-,34-/m1/s1. The minimum absolute atomic E-state index is 0.0338. The van der Waals surface area contributed by atoms with Gasteiger partial charge in [0, 0.05) is 38.3 Å². The van der Waals surface area contributed by atoms with Crippen molar-refractivity contribution in [1.82, 2.24) is 9.80 Å². The third-order valence-corrected chi connectivity index (χ3v) is 9.83. The molecule has 1 aliphatic rings. The summed E-state index contributed by atoms with van der Waals surface area (Å²) in [5, 5.41) is 10.2. The maximum Gasteiger partial charge on any atom is 0.261 e. The van der Waals surface area contributed by atoms with Crippen molar-refractivity contribution in [3.63, 3.8) is 0 Å². The molecule has 2 N–H and O–H groups in total. The molecular formula is C36H47N3O7S. The molecule has 4 atom stereocenters. The molecule has 0 bridgehead atoms.